The highest BCUT2D eigenvalue weighted by Crippen LogP contribution is 2.25. The van der Waals surface area contributed by atoms with E-state index in [1.165, 1.54) is 11.1 Å². The number of benzene rings is 1. The van der Waals surface area contributed by atoms with E-state index in [0.717, 1.165) is 11.3 Å². The highest BCUT2D eigenvalue weighted by atomic mass is 16.5. The van der Waals surface area contributed by atoms with Gasteiger partial charge in [0.25, 0.3) is 0 Å². The van der Waals surface area contributed by atoms with Gasteiger partial charge in [-0.1, -0.05) is 12.1 Å². The molecule has 0 heterocycles. The summed E-state index contributed by atoms with van der Waals surface area (Å²) in [5, 5.41) is 3.66. The van der Waals surface area contributed by atoms with Crippen LogP contribution in [-0.4, -0.2) is 19.1 Å². The van der Waals surface area contributed by atoms with E-state index in [1.54, 1.807) is 0 Å². The van der Waals surface area contributed by atoms with Crippen LogP contribution >= 0.6 is 0 Å². The smallest absolute Gasteiger partial charge is 0.208 e. The zero-order valence-electron chi connectivity index (χ0n) is 10.6. The van der Waals surface area contributed by atoms with Crippen molar-refractivity contribution in [2.75, 3.05) is 13.2 Å². The van der Waals surface area contributed by atoms with Crippen molar-refractivity contribution in [2.45, 2.75) is 20.8 Å². The van der Waals surface area contributed by atoms with E-state index in [4.69, 9.17) is 16.2 Å². The van der Waals surface area contributed by atoms with Crippen molar-refractivity contribution in [3.8, 4) is 5.75 Å². The minimum absolute atomic E-state index is 0.0212. The van der Waals surface area contributed by atoms with Crippen molar-refractivity contribution < 1.29 is 4.74 Å². The van der Waals surface area contributed by atoms with Gasteiger partial charge in [-0.05, 0) is 37.5 Å². The highest BCUT2D eigenvalue weighted by molar-refractivity contribution is 5.75. The van der Waals surface area contributed by atoms with E-state index in [2.05, 4.69) is 36.5 Å². The maximum absolute atomic E-state index is 5.72. The molecule has 5 heteroatoms. The number of rotatable bonds is 5. The topological polar surface area (TPSA) is 85.7 Å². The Kier molecular flexibility index (Phi) is 4.63. The molecule has 5 nitrogen and oxygen atoms in total. The van der Waals surface area contributed by atoms with E-state index >= 15 is 0 Å². The van der Waals surface area contributed by atoms with E-state index in [0.29, 0.717) is 13.2 Å². The number of nitrogens with one attached hydrogen (secondary N) is 1. The number of nitrogens with two attached hydrogens (primary N) is 2. The number of aryl methyl sites for hydroxylation is 2. The van der Waals surface area contributed by atoms with E-state index in [-0.39, 0.29) is 5.96 Å². The minimum atomic E-state index is 0.0212. The summed E-state index contributed by atoms with van der Waals surface area (Å²) < 4.78 is 5.72. The maximum atomic E-state index is 5.72. The van der Waals surface area contributed by atoms with Crippen LogP contribution in [0.4, 0.5) is 0 Å². The number of hydrogen-bond acceptors (Lipinski definition) is 3. The van der Waals surface area contributed by atoms with Gasteiger partial charge in [-0.3, -0.25) is 0 Å². The third kappa shape index (κ3) is 3.86. The van der Waals surface area contributed by atoms with Gasteiger partial charge in [-0.25, -0.2) is 0 Å². The first-order valence-corrected chi connectivity index (χ1v) is 5.53. The van der Waals surface area contributed by atoms with Crippen molar-refractivity contribution in [1.29, 1.82) is 0 Å². The third-order valence-corrected chi connectivity index (χ3v) is 2.54. The SMILES string of the molecule is Cc1ccc(C)c(OCCNN=C(N)N)c1C. The summed E-state index contributed by atoms with van der Waals surface area (Å²) in [6, 6.07) is 4.15. The van der Waals surface area contributed by atoms with Crippen LogP contribution in [0.2, 0.25) is 0 Å². The summed E-state index contributed by atoms with van der Waals surface area (Å²) in [6.07, 6.45) is 0. The van der Waals surface area contributed by atoms with Crippen LogP contribution in [0.15, 0.2) is 17.2 Å². The van der Waals surface area contributed by atoms with Crippen LogP contribution in [-0.2, 0) is 0 Å². The standard InChI is InChI=1S/C12H20N4O/c1-8-4-5-9(2)11(10(8)3)17-7-6-15-16-12(13)14/h4-5,15H,6-7H2,1-3H3,(H4,13,14,16). The van der Waals surface area contributed by atoms with Crippen molar-refractivity contribution >= 4 is 5.96 Å². The molecule has 0 bridgehead atoms. The Balaban J connectivity index is 2.52. The monoisotopic (exact) mass is 236 g/mol. The molecule has 5 N–H and O–H groups in total. The van der Waals surface area contributed by atoms with Gasteiger partial charge in [0.1, 0.15) is 12.4 Å². The fraction of sp³-hybridized carbons (Fsp3) is 0.417. The molecule has 0 saturated heterocycles. The Morgan fingerprint density at radius 2 is 1.88 bits per heavy atom. The zero-order valence-corrected chi connectivity index (χ0v) is 10.6. The lowest BCUT2D eigenvalue weighted by molar-refractivity contribution is 0.311. The molecule has 1 aromatic rings. The summed E-state index contributed by atoms with van der Waals surface area (Å²) in [4.78, 5) is 0. The molecule has 0 atom stereocenters. The fourth-order valence-electron chi connectivity index (χ4n) is 1.49. The first-order valence-electron chi connectivity index (χ1n) is 5.53. The summed E-state index contributed by atoms with van der Waals surface area (Å²) >= 11 is 0. The lowest BCUT2D eigenvalue weighted by Crippen LogP contribution is -2.28. The molecule has 0 aliphatic rings. The number of nitrogens with zero attached hydrogens (tertiary/aromatic N) is 1. The molecular weight excluding hydrogens is 216 g/mol. The third-order valence-electron chi connectivity index (χ3n) is 2.54. The van der Waals surface area contributed by atoms with Gasteiger partial charge in [0.2, 0.25) is 5.96 Å². The molecular formula is C12H20N4O. The zero-order chi connectivity index (χ0) is 12.8. The molecule has 0 radical (unpaired) electrons. The van der Waals surface area contributed by atoms with Gasteiger partial charge < -0.3 is 21.6 Å². The van der Waals surface area contributed by atoms with Crippen LogP contribution in [0.1, 0.15) is 16.7 Å². The van der Waals surface area contributed by atoms with Gasteiger partial charge in [0.05, 0.1) is 6.54 Å². The summed E-state index contributed by atoms with van der Waals surface area (Å²) in [6.45, 7) is 7.23. The van der Waals surface area contributed by atoms with Crippen LogP contribution in [0.3, 0.4) is 0 Å². The average molecular weight is 236 g/mol. The molecule has 0 unspecified atom stereocenters. The van der Waals surface area contributed by atoms with Gasteiger partial charge >= 0.3 is 0 Å². The predicted molar refractivity (Wildman–Crippen MR) is 70.0 cm³/mol. The van der Waals surface area contributed by atoms with Crippen molar-refractivity contribution in [3.05, 3.63) is 28.8 Å². The normalized spacial score (nSPS) is 9.82. The highest BCUT2D eigenvalue weighted by Gasteiger charge is 2.05. The van der Waals surface area contributed by atoms with Crippen molar-refractivity contribution in [1.82, 2.24) is 5.43 Å². The molecule has 0 aliphatic carbocycles. The second-order valence-electron chi connectivity index (χ2n) is 3.95. The second kappa shape index (κ2) is 5.98. The molecule has 0 aromatic heterocycles. The van der Waals surface area contributed by atoms with Crippen molar-refractivity contribution in [3.63, 3.8) is 0 Å². The van der Waals surface area contributed by atoms with Crippen LogP contribution in [0.5, 0.6) is 5.75 Å². The maximum Gasteiger partial charge on any atom is 0.208 e. The second-order valence-corrected chi connectivity index (χ2v) is 3.95. The predicted octanol–water partition coefficient (Wildman–Crippen LogP) is 0.769. The Labute approximate surface area is 102 Å². The van der Waals surface area contributed by atoms with E-state index in [9.17, 15) is 0 Å². The molecule has 1 rings (SSSR count). The summed E-state index contributed by atoms with van der Waals surface area (Å²) in [7, 11) is 0. The number of hydrogen-bond donors (Lipinski definition) is 3. The summed E-state index contributed by atoms with van der Waals surface area (Å²) in [5.74, 6) is 0.962. The Morgan fingerprint density at radius 1 is 1.24 bits per heavy atom. The number of ether oxygens (including phenoxy) is 1. The first kappa shape index (κ1) is 13.2. The largest absolute Gasteiger partial charge is 0.491 e. The Bertz CT molecular complexity index is 411. The molecule has 94 valence electrons. The number of hydrazone groups is 1. The lowest BCUT2D eigenvalue weighted by atomic mass is 10.1. The van der Waals surface area contributed by atoms with Crippen LogP contribution < -0.4 is 21.6 Å². The quantitative estimate of drug-likeness (QED) is 0.305. The van der Waals surface area contributed by atoms with Gasteiger partial charge in [0.15, 0.2) is 0 Å². The molecule has 17 heavy (non-hydrogen) atoms. The van der Waals surface area contributed by atoms with E-state index in [1.807, 2.05) is 6.92 Å². The first-order chi connectivity index (χ1) is 8.02. The molecule has 1 aromatic carbocycles. The Morgan fingerprint density at radius 3 is 2.53 bits per heavy atom. The van der Waals surface area contributed by atoms with Crippen molar-refractivity contribution in [2.24, 2.45) is 16.6 Å². The molecule has 0 amide bonds. The lowest BCUT2D eigenvalue weighted by Gasteiger charge is -2.13. The fourth-order valence-corrected chi connectivity index (χ4v) is 1.49. The molecule has 0 saturated carbocycles. The minimum Gasteiger partial charge on any atom is -0.491 e. The van der Waals surface area contributed by atoms with Crippen LogP contribution in [0, 0.1) is 20.8 Å². The molecule has 0 spiro atoms. The average Bonchev–Trinajstić information content (AvgIpc) is 2.27. The molecule has 0 aliphatic heterocycles. The summed E-state index contributed by atoms with van der Waals surface area (Å²) in [5.41, 5.74) is 16.6. The van der Waals surface area contributed by atoms with E-state index < -0.39 is 0 Å². The van der Waals surface area contributed by atoms with Gasteiger partial charge in [-0.15, -0.1) is 5.10 Å². The van der Waals surface area contributed by atoms with Crippen LogP contribution in [0.25, 0.3) is 0 Å². The Hall–Kier alpha value is -1.91. The van der Waals surface area contributed by atoms with Gasteiger partial charge in [-0.2, -0.15) is 0 Å². The molecule has 0 fully saturated rings. The van der Waals surface area contributed by atoms with Gasteiger partial charge in [0, 0.05) is 0 Å². The number of guanidine groups is 1.